The summed E-state index contributed by atoms with van der Waals surface area (Å²) in [5.41, 5.74) is 0.198. The molecule has 0 amide bonds. The van der Waals surface area contributed by atoms with Gasteiger partial charge in [0.2, 0.25) is 0 Å². The van der Waals surface area contributed by atoms with Gasteiger partial charge in [0.1, 0.15) is 10.6 Å². The molecule has 1 aromatic heterocycles. The number of hydrogen-bond donors (Lipinski definition) is 1. The number of aryl methyl sites for hydroxylation is 1. The molecule has 112 valence electrons. The van der Waals surface area contributed by atoms with Crippen molar-refractivity contribution in [2.45, 2.75) is 11.8 Å². The van der Waals surface area contributed by atoms with Crippen molar-refractivity contribution < 1.29 is 18.3 Å². The van der Waals surface area contributed by atoms with Gasteiger partial charge in [-0.05, 0) is 42.7 Å². The summed E-state index contributed by atoms with van der Waals surface area (Å²) in [5.74, 6) is -1.20. The monoisotopic (exact) mass is 390 g/mol. The van der Waals surface area contributed by atoms with Crippen LogP contribution in [0.4, 0.5) is 5.00 Å². The maximum atomic E-state index is 12.5. The van der Waals surface area contributed by atoms with Crippen LogP contribution in [-0.4, -0.2) is 30.9 Å². The van der Waals surface area contributed by atoms with E-state index in [2.05, 4.69) is 20.3 Å². The fraction of sp³-hybridized carbons (Fsp3) is 0.167. The predicted molar refractivity (Wildman–Crippen MR) is 83.5 cm³/mol. The molecule has 0 unspecified atom stereocenters. The van der Waals surface area contributed by atoms with Gasteiger partial charge >= 0.3 is 5.97 Å². The molecule has 0 atom stereocenters. The van der Waals surface area contributed by atoms with Crippen LogP contribution in [0.15, 0.2) is 33.6 Å². The Morgan fingerprint density at radius 3 is 2.43 bits per heavy atom. The molecule has 9 heteroatoms. The number of anilines is 1. The Morgan fingerprint density at radius 1 is 1.33 bits per heavy atom. The molecule has 0 aliphatic rings. The molecule has 0 aliphatic carbocycles. The highest BCUT2D eigenvalue weighted by molar-refractivity contribution is 9.10. The number of hydrogen-bond acceptors (Lipinski definition) is 5. The maximum Gasteiger partial charge on any atom is 0.340 e. The van der Waals surface area contributed by atoms with E-state index in [9.17, 15) is 18.3 Å². The third-order valence-corrected chi connectivity index (χ3v) is 6.25. The lowest BCUT2D eigenvalue weighted by Crippen LogP contribution is -2.27. The number of carboxylic acids is 1. The lowest BCUT2D eigenvalue weighted by atomic mass is 10.2. The van der Waals surface area contributed by atoms with Gasteiger partial charge in [-0.2, -0.15) is 4.37 Å². The van der Waals surface area contributed by atoms with Crippen molar-refractivity contribution >= 4 is 48.5 Å². The Hall–Kier alpha value is -1.45. The van der Waals surface area contributed by atoms with E-state index in [1.165, 1.54) is 26.1 Å². The summed E-state index contributed by atoms with van der Waals surface area (Å²) >= 11 is 4.08. The van der Waals surface area contributed by atoms with Crippen LogP contribution in [0.25, 0.3) is 0 Å². The number of sulfonamides is 1. The number of benzene rings is 1. The number of rotatable bonds is 4. The summed E-state index contributed by atoms with van der Waals surface area (Å²) < 4.78 is 30.7. The Kier molecular flexibility index (Phi) is 4.35. The standard InChI is InChI=1S/C12H11BrN2O4S2/c1-7-10(12(16)17)11(20-14-7)15(2)21(18,19)9-5-3-8(13)4-6-9/h3-6H,1-2H3,(H,16,17). The first-order valence-electron chi connectivity index (χ1n) is 5.69. The first-order chi connectivity index (χ1) is 9.75. The lowest BCUT2D eigenvalue weighted by molar-refractivity contribution is 0.0697. The summed E-state index contributed by atoms with van der Waals surface area (Å²) in [5, 5.41) is 9.28. The van der Waals surface area contributed by atoms with Crippen LogP contribution in [0.3, 0.4) is 0 Å². The van der Waals surface area contributed by atoms with E-state index < -0.39 is 16.0 Å². The van der Waals surface area contributed by atoms with Gasteiger partial charge < -0.3 is 5.11 Å². The molecule has 0 fully saturated rings. The molecule has 1 heterocycles. The second kappa shape index (κ2) is 5.74. The highest BCUT2D eigenvalue weighted by atomic mass is 79.9. The molecule has 1 aromatic carbocycles. The van der Waals surface area contributed by atoms with Crippen molar-refractivity contribution in [3.05, 3.63) is 40.0 Å². The van der Waals surface area contributed by atoms with Crippen molar-refractivity contribution in [3.63, 3.8) is 0 Å². The molecule has 2 rings (SSSR count). The molecule has 0 radical (unpaired) electrons. The molecule has 2 aromatic rings. The van der Waals surface area contributed by atoms with Crippen LogP contribution in [0, 0.1) is 6.92 Å². The molecule has 21 heavy (non-hydrogen) atoms. The zero-order valence-electron chi connectivity index (χ0n) is 11.1. The Morgan fingerprint density at radius 2 is 1.90 bits per heavy atom. The van der Waals surface area contributed by atoms with Gasteiger partial charge in [0.25, 0.3) is 10.0 Å². The largest absolute Gasteiger partial charge is 0.478 e. The van der Waals surface area contributed by atoms with E-state index in [4.69, 9.17) is 0 Å². The highest BCUT2D eigenvalue weighted by Crippen LogP contribution is 2.31. The summed E-state index contributed by atoms with van der Waals surface area (Å²) in [6.45, 7) is 1.53. The van der Waals surface area contributed by atoms with Crippen LogP contribution >= 0.6 is 27.5 Å². The number of halogens is 1. The maximum absolute atomic E-state index is 12.5. The summed E-state index contributed by atoms with van der Waals surface area (Å²) in [6.07, 6.45) is 0. The Bertz CT molecular complexity index is 784. The minimum absolute atomic E-state index is 0.0793. The van der Waals surface area contributed by atoms with Gasteiger partial charge in [-0.3, -0.25) is 4.31 Å². The van der Waals surface area contributed by atoms with Crippen molar-refractivity contribution in [1.29, 1.82) is 0 Å². The average molecular weight is 391 g/mol. The molecule has 0 saturated heterocycles. The predicted octanol–water partition coefficient (Wildman–Crippen LogP) is 2.74. The van der Waals surface area contributed by atoms with Crippen LogP contribution < -0.4 is 4.31 Å². The molecular formula is C12H11BrN2O4S2. The summed E-state index contributed by atoms with van der Waals surface area (Å²) in [4.78, 5) is 11.3. The molecular weight excluding hydrogens is 380 g/mol. The molecule has 6 nitrogen and oxygen atoms in total. The number of aromatic nitrogens is 1. The van der Waals surface area contributed by atoms with E-state index >= 15 is 0 Å². The van der Waals surface area contributed by atoms with Crippen LogP contribution in [0.2, 0.25) is 0 Å². The normalized spacial score (nSPS) is 11.4. The molecule has 1 N–H and O–H groups in total. The third kappa shape index (κ3) is 2.94. The van der Waals surface area contributed by atoms with Crippen LogP contribution in [-0.2, 0) is 10.0 Å². The first-order valence-corrected chi connectivity index (χ1v) is 8.70. The average Bonchev–Trinajstić information content (AvgIpc) is 2.80. The fourth-order valence-corrected chi connectivity index (χ4v) is 4.21. The zero-order valence-corrected chi connectivity index (χ0v) is 14.3. The van der Waals surface area contributed by atoms with Gasteiger partial charge in [0.15, 0.2) is 0 Å². The smallest absolute Gasteiger partial charge is 0.340 e. The van der Waals surface area contributed by atoms with Crippen molar-refractivity contribution in [2.24, 2.45) is 0 Å². The number of nitrogens with zero attached hydrogens (tertiary/aromatic N) is 2. The zero-order chi connectivity index (χ0) is 15.8. The summed E-state index contributed by atoms with van der Waals surface area (Å²) in [6, 6.07) is 6.11. The molecule has 0 aliphatic heterocycles. The minimum Gasteiger partial charge on any atom is -0.478 e. The van der Waals surface area contributed by atoms with E-state index in [1.54, 1.807) is 12.1 Å². The highest BCUT2D eigenvalue weighted by Gasteiger charge is 2.28. The molecule has 0 saturated carbocycles. The van der Waals surface area contributed by atoms with Crippen LogP contribution in [0.1, 0.15) is 16.1 Å². The van der Waals surface area contributed by atoms with Gasteiger partial charge in [-0.1, -0.05) is 15.9 Å². The van der Waals surface area contributed by atoms with Gasteiger partial charge in [-0.15, -0.1) is 0 Å². The third-order valence-electron chi connectivity index (χ3n) is 2.82. The summed E-state index contributed by atoms with van der Waals surface area (Å²) in [7, 11) is -2.52. The number of carbonyl (C=O) groups is 1. The van der Waals surface area contributed by atoms with Crippen LogP contribution in [0.5, 0.6) is 0 Å². The Labute approximate surface area is 134 Å². The number of carboxylic acid groups (broad SMARTS) is 1. The van der Waals surface area contributed by atoms with Gasteiger partial charge in [0.05, 0.1) is 10.6 Å². The first kappa shape index (κ1) is 15.9. The number of aromatic carboxylic acids is 1. The quantitative estimate of drug-likeness (QED) is 0.866. The topological polar surface area (TPSA) is 87.6 Å². The molecule has 0 spiro atoms. The van der Waals surface area contributed by atoms with E-state index in [1.807, 2.05) is 0 Å². The molecule has 0 bridgehead atoms. The SMILES string of the molecule is Cc1nsc(N(C)S(=O)(=O)c2ccc(Br)cc2)c1C(=O)O. The fourth-order valence-electron chi connectivity index (χ4n) is 1.69. The van der Waals surface area contributed by atoms with Crippen molar-refractivity contribution in [1.82, 2.24) is 4.37 Å². The van der Waals surface area contributed by atoms with Gasteiger partial charge in [-0.25, -0.2) is 13.2 Å². The minimum atomic E-state index is -3.83. The van der Waals surface area contributed by atoms with E-state index in [0.29, 0.717) is 5.69 Å². The lowest BCUT2D eigenvalue weighted by Gasteiger charge is -2.18. The second-order valence-electron chi connectivity index (χ2n) is 4.18. The van der Waals surface area contributed by atoms with Crippen molar-refractivity contribution in [2.75, 3.05) is 11.4 Å². The van der Waals surface area contributed by atoms with E-state index in [0.717, 1.165) is 20.3 Å². The second-order valence-corrected chi connectivity index (χ2v) is 7.82. The van der Waals surface area contributed by atoms with Gasteiger partial charge in [0, 0.05) is 11.5 Å². The van der Waals surface area contributed by atoms with E-state index in [-0.39, 0.29) is 15.5 Å². The van der Waals surface area contributed by atoms with Crippen molar-refractivity contribution in [3.8, 4) is 0 Å². The Balaban J connectivity index is 2.51.